The van der Waals surface area contributed by atoms with Crippen molar-refractivity contribution in [1.29, 1.82) is 5.26 Å². The van der Waals surface area contributed by atoms with E-state index in [1.165, 1.54) is 16.0 Å². The Bertz CT molecular complexity index is 943. The summed E-state index contributed by atoms with van der Waals surface area (Å²) in [5.41, 5.74) is 2.07. The van der Waals surface area contributed by atoms with E-state index >= 15 is 0 Å². The van der Waals surface area contributed by atoms with Gasteiger partial charge in [-0.2, -0.15) is 9.94 Å². The van der Waals surface area contributed by atoms with E-state index in [9.17, 15) is 20.2 Å². The van der Waals surface area contributed by atoms with Crippen LogP contribution in [0.5, 0.6) is 0 Å². The smallest absolute Gasteiger partial charge is 0.358 e. The zero-order valence-corrected chi connectivity index (χ0v) is 16.6. The van der Waals surface area contributed by atoms with E-state index in [2.05, 4.69) is 39.3 Å². The predicted octanol–water partition coefficient (Wildman–Crippen LogP) is 3.56. The Balaban J connectivity index is 1.81. The Hall–Kier alpha value is -2.25. The molecule has 1 aliphatic carbocycles. The maximum absolute atomic E-state index is 12.4. The van der Waals surface area contributed by atoms with Crippen LogP contribution in [-0.4, -0.2) is 20.6 Å². The van der Waals surface area contributed by atoms with Gasteiger partial charge in [0.2, 0.25) is 5.91 Å². The SMILES string of the molecule is Cc1c(Br)c([N+](=O)[O-])nn1CC(=O)Nc1sc2c(c1C#N)CC[C@@H](C)C2. The van der Waals surface area contributed by atoms with E-state index in [0.29, 0.717) is 22.2 Å². The lowest BCUT2D eigenvalue weighted by atomic mass is 9.89. The number of anilines is 1. The minimum absolute atomic E-state index is 0.165. The summed E-state index contributed by atoms with van der Waals surface area (Å²) in [6.07, 6.45) is 2.81. The third-order valence-electron chi connectivity index (χ3n) is 4.46. The van der Waals surface area contributed by atoms with Crippen LogP contribution in [0.4, 0.5) is 10.8 Å². The molecule has 136 valence electrons. The number of amides is 1. The van der Waals surface area contributed by atoms with Crippen LogP contribution in [0.1, 0.15) is 35.0 Å². The van der Waals surface area contributed by atoms with Crippen molar-refractivity contribution < 1.29 is 9.72 Å². The summed E-state index contributed by atoms with van der Waals surface area (Å²) in [7, 11) is 0. The molecular weight excluding hydrogens is 422 g/mol. The van der Waals surface area contributed by atoms with Gasteiger partial charge >= 0.3 is 5.82 Å². The van der Waals surface area contributed by atoms with Crippen LogP contribution in [0.3, 0.4) is 0 Å². The van der Waals surface area contributed by atoms with Gasteiger partial charge < -0.3 is 15.4 Å². The highest BCUT2D eigenvalue weighted by Crippen LogP contribution is 2.39. The van der Waals surface area contributed by atoms with Crippen LogP contribution >= 0.6 is 27.3 Å². The molecule has 0 bridgehead atoms. The lowest BCUT2D eigenvalue weighted by molar-refractivity contribution is -0.390. The summed E-state index contributed by atoms with van der Waals surface area (Å²) >= 11 is 4.57. The third-order valence-corrected chi connectivity index (χ3v) is 6.56. The number of nitrogens with zero attached hydrogens (tertiary/aromatic N) is 4. The van der Waals surface area contributed by atoms with E-state index in [-0.39, 0.29) is 22.7 Å². The second-order valence-electron chi connectivity index (χ2n) is 6.35. The molecule has 1 amide bonds. The van der Waals surface area contributed by atoms with Crippen LogP contribution in [0.25, 0.3) is 0 Å². The number of aromatic nitrogens is 2. The summed E-state index contributed by atoms with van der Waals surface area (Å²) in [4.78, 5) is 23.9. The number of hydrogen-bond acceptors (Lipinski definition) is 6. The van der Waals surface area contributed by atoms with Crippen molar-refractivity contribution in [2.75, 3.05) is 5.32 Å². The minimum atomic E-state index is -0.603. The van der Waals surface area contributed by atoms with Crippen molar-refractivity contribution in [3.05, 3.63) is 36.3 Å². The molecule has 3 rings (SSSR count). The van der Waals surface area contributed by atoms with E-state index in [0.717, 1.165) is 29.7 Å². The largest absolute Gasteiger partial charge is 0.404 e. The van der Waals surface area contributed by atoms with Crippen molar-refractivity contribution in [2.45, 2.75) is 39.7 Å². The number of carbonyl (C=O) groups excluding carboxylic acids is 1. The van der Waals surface area contributed by atoms with Crippen molar-refractivity contribution in [3.8, 4) is 6.07 Å². The number of fused-ring (bicyclic) bond motifs is 1. The maximum atomic E-state index is 12.4. The predicted molar refractivity (Wildman–Crippen MR) is 100 cm³/mol. The third kappa shape index (κ3) is 3.37. The first kappa shape index (κ1) is 18.5. The Morgan fingerprint density at radius 1 is 1.62 bits per heavy atom. The normalized spacial score (nSPS) is 16.0. The van der Waals surface area contributed by atoms with Gasteiger partial charge in [0, 0.05) is 4.88 Å². The Labute approximate surface area is 162 Å². The molecule has 26 heavy (non-hydrogen) atoms. The summed E-state index contributed by atoms with van der Waals surface area (Å²) in [5.74, 6) is -0.129. The second-order valence-corrected chi connectivity index (χ2v) is 8.25. The van der Waals surface area contributed by atoms with E-state index in [1.807, 2.05) is 0 Å². The molecule has 1 N–H and O–H groups in total. The van der Waals surface area contributed by atoms with Crippen molar-refractivity contribution in [3.63, 3.8) is 0 Å². The molecule has 2 aromatic heterocycles. The first-order chi connectivity index (χ1) is 12.3. The summed E-state index contributed by atoms with van der Waals surface area (Å²) in [6, 6.07) is 2.20. The average molecular weight is 438 g/mol. The average Bonchev–Trinajstić information content (AvgIpc) is 3.05. The molecule has 0 aromatic carbocycles. The molecule has 8 nitrogen and oxygen atoms in total. The quantitative estimate of drug-likeness (QED) is 0.579. The lowest BCUT2D eigenvalue weighted by Gasteiger charge is -2.17. The standard InChI is InChI=1S/C16H16BrN5O3S/c1-8-3-4-10-11(6-18)16(26-12(10)5-8)19-13(23)7-21-9(2)14(17)15(20-21)22(24)25/h8H,3-5,7H2,1-2H3,(H,19,23)/t8-/m1/s1. The zero-order valence-electron chi connectivity index (χ0n) is 14.2. The van der Waals surface area contributed by atoms with Gasteiger partial charge in [-0.05, 0) is 58.5 Å². The Kier molecular flexibility index (Phi) is 5.11. The number of halogens is 1. The Morgan fingerprint density at radius 2 is 2.35 bits per heavy atom. The highest BCUT2D eigenvalue weighted by Gasteiger charge is 2.27. The van der Waals surface area contributed by atoms with E-state index < -0.39 is 4.92 Å². The molecule has 2 aromatic rings. The van der Waals surface area contributed by atoms with Gasteiger partial charge in [0.05, 0.1) is 16.4 Å². The van der Waals surface area contributed by atoms with Crippen molar-refractivity contribution >= 4 is 44.0 Å². The molecule has 1 aliphatic rings. The molecule has 0 saturated carbocycles. The fourth-order valence-electron chi connectivity index (χ4n) is 3.04. The summed E-state index contributed by atoms with van der Waals surface area (Å²) in [5, 5.41) is 27.6. The number of hydrogen-bond donors (Lipinski definition) is 1. The van der Waals surface area contributed by atoms with E-state index in [1.54, 1.807) is 6.92 Å². The number of nitriles is 1. The molecule has 0 aliphatic heterocycles. The monoisotopic (exact) mass is 437 g/mol. The van der Waals surface area contributed by atoms with Crippen molar-refractivity contribution in [2.24, 2.45) is 5.92 Å². The molecular formula is C16H16BrN5O3S. The zero-order chi connectivity index (χ0) is 19.0. The molecule has 0 spiro atoms. The van der Waals surface area contributed by atoms with Gasteiger partial charge in [0.1, 0.15) is 22.1 Å². The topological polar surface area (TPSA) is 114 Å². The first-order valence-corrected chi connectivity index (χ1v) is 9.64. The number of nitro groups is 1. The molecule has 1 atom stereocenters. The van der Waals surface area contributed by atoms with Crippen molar-refractivity contribution in [1.82, 2.24) is 9.78 Å². The number of nitrogens with one attached hydrogen (secondary N) is 1. The second kappa shape index (κ2) is 7.17. The maximum Gasteiger partial charge on any atom is 0.404 e. The van der Waals surface area contributed by atoms with Crippen LogP contribution in [0.15, 0.2) is 4.47 Å². The molecule has 0 radical (unpaired) electrons. The minimum Gasteiger partial charge on any atom is -0.358 e. The number of rotatable bonds is 4. The van der Waals surface area contributed by atoms with Crippen LogP contribution in [-0.2, 0) is 24.2 Å². The highest BCUT2D eigenvalue weighted by molar-refractivity contribution is 9.10. The Morgan fingerprint density at radius 3 is 2.96 bits per heavy atom. The van der Waals surface area contributed by atoms with Gasteiger partial charge in [-0.1, -0.05) is 6.92 Å². The lowest BCUT2D eigenvalue weighted by Crippen LogP contribution is -2.20. The highest BCUT2D eigenvalue weighted by atomic mass is 79.9. The van der Waals surface area contributed by atoms with Gasteiger partial charge in [0.15, 0.2) is 0 Å². The molecule has 0 unspecified atom stereocenters. The first-order valence-electron chi connectivity index (χ1n) is 8.03. The molecule has 2 heterocycles. The van der Waals surface area contributed by atoms with Crippen LogP contribution in [0.2, 0.25) is 0 Å². The van der Waals surface area contributed by atoms with Gasteiger partial charge in [0.25, 0.3) is 0 Å². The number of thiophene rings is 1. The number of carbonyl (C=O) groups is 1. The molecule has 10 heteroatoms. The van der Waals surface area contributed by atoms with Gasteiger partial charge in [-0.3, -0.25) is 4.79 Å². The molecule has 0 saturated heterocycles. The summed E-state index contributed by atoms with van der Waals surface area (Å²) in [6.45, 7) is 3.66. The van der Waals surface area contributed by atoms with Gasteiger partial charge in [-0.15, -0.1) is 11.3 Å². The van der Waals surface area contributed by atoms with E-state index in [4.69, 9.17) is 0 Å². The fourth-order valence-corrected chi connectivity index (χ4v) is 4.84. The van der Waals surface area contributed by atoms with Crippen LogP contribution < -0.4 is 5.32 Å². The summed E-state index contributed by atoms with van der Waals surface area (Å²) < 4.78 is 1.53. The fraction of sp³-hybridized carbons (Fsp3) is 0.438. The molecule has 0 fully saturated rings. The van der Waals surface area contributed by atoms with Crippen LogP contribution in [0, 0.1) is 34.3 Å². The van der Waals surface area contributed by atoms with Gasteiger partial charge in [-0.25, -0.2) is 0 Å².